The van der Waals surface area contributed by atoms with E-state index in [4.69, 9.17) is 23.8 Å². The number of nitrogens with zero attached hydrogens (tertiary/aromatic N) is 1. The summed E-state index contributed by atoms with van der Waals surface area (Å²) in [7, 11) is 0. The summed E-state index contributed by atoms with van der Waals surface area (Å²) in [5.74, 6) is 2.19. The van der Waals surface area contributed by atoms with Crippen molar-refractivity contribution in [3.8, 4) is 0 Å². The molecule has 0 spiro atoms. The van der Waals surface area contributed by atoms with E-state index in [2.05, 4.69) is 29.5 Å². The maximum absolute atomic E-state index is 6.16. The van der Waals surface area contributed by atoms with Crippen molar-refractivity contribution in [2.45, 2.75) is 19.9 Å². The first kappa shape index (κ1) is 13.0. The van der Waals surface area contributed by atoms with Crippen LogP contribution in [0.15, 0.2) is 18.2 Å². The molecule has 0 aliphatic rings. The van der Waals surface area contributed by atoms with E-state index in [0.717, 1.165) is 32.3 Å². The van der Waals surface area contributed by atoms with Crippen LogP contribution in [-0.4, -0.2) is 21.1 Å². The second-order valence-electron chi connectivity index (χ2n) is 3.94. The maximum atomic E-state index is 6.16. The molecule has 1 N–H and O–H groups in total. The van der Waals surface area contributed by atoms with E-state index < -0.39 is 0 Å². The number of H-pyrrole nitrogens is 1. The van der Waals surface area contributed by atoms with Crippen molar-refractivity contribution in [3.05, 3.63) is 28.0 Å². The Labute approximate surface area is 115 Å². The Morgan fingerprint density at radius 2 is 2.29 bits per heavy atom. The van der Waals surface area contributed by atoms with Crippen LogP contribution in [0.25, 0.3) is 11.0 Å². The third-order valence-electron chi connectivity index (χ3n) is 2.71. The van der Waals surface area contributed by atoms with E-state index in [1.54, 1.807) is 0 Å². The number of aromatic amines is 1. The number of halogens is 1. The summed E-state index contributed by atoms with van der Waals surface area (Å²) in [6.45, 7) is 4.36. The van der Waals surface area contributed by atoms with Gasteiger partial charge in [-0.15, -0.1) is 0 Å². The number of fused-ring (bicyclic) bond motifs is 1. The Balaban J connectivity index is 2.50. The minimum Gasteiger partial charge on any atom is -0.329 e. The molecule has 0 saturated heterocycles. The lowest BCUT2D eigenvalue weighted by atomic mass is 10.3. The van der Waals surface area contributed by atoms with Crippen molar-refractivity contribution in [2.24, 2.45) is 0 Å². The molecule has 2 nitrogen and oxygen atoms in total. The third kappa shape index (κ3) is 2.54. The molecule has 0 saturated carbocycles. The maximum Gasteiger partial charge on any atom is 0.178 e. The smallest absolute Gasteiger partial charge is 0.178 e. The van der Waals surface area contributed by atoms with Crippen molar-refractivity contribution >= 4 is 46.6 Å². The molecule has 0 fully saturated rings. The van der Waals surface area contributed by atoms with Crippen LogP contribution < -0.4 is 0 Å². The normalized spacial score (nSPS) is 13.1. The summed E-state index contributed by atoms with van der Waals surface area (Å²) in [6, 6.07) is 6.27. The summed E-state index contributed by atoms with van der Waals surface area (Å²) < 4.78 is 2.90. The number of para-hydroxylation sites is 1. The van der Waals surface area contributed by atoms with E-state index in [9.17, 15) is 0 Å². The van der Waals surface area contributed by atoms with E-state index in [1.807, 2.05) is 23.9 Å². The number of rotatable bonds is 4. The quantitative estimate of drug-likeness (QED) is 0.825. The molecular weight excluding hydrogens is 272 g/mol. The second-order valence-corrected chi connectivity index (χ2v) is 6.06. The average molecular weight is 287 g/mol. The van der Waals surface area contributed by atoms with Gasteiger partial charge in [-0.3, -0.25) is 0 Å². The third-order valence-corrected chi connectivity index (χ3v) is 4.45. The summed E-state index contributed by atoms with van der Waals surface area (Å²) in [6.07, 6.45) is 0. The Morgan fingerprint density at radius 3 is 3.00 bits per heavy atom. The fourth-order valence-electron chi connectivity index (χ4n) is 1.91. The zero-order valence-electron chi connectivity index (χ0n) is 9.87. The van der Waals surface area contributed by atoms with E-state index in [0.29, 0.717) is 6.04 Å². The van der Waals surface area contributed by atoms with Crippen LogP contribution in [0.3, 0.4) is 0 Å². The van der Waals surface area contributed by atoms with Crippen LogP contribution >= 0.6 is 35.6 Å². The van der Waals surface area contributed by atoms with Gasteiger partial charge in [0.15, 0.2) is 4.77 Å². The molecule has 0 aliphatic carbocycles. The van der Waals surface area contributed by atoms with Crippen molar-refractivity contribution in [3.63, 3.8) is 0 Å². The lowest BCUT2D eigenvalue weighted by molar-refractivity contribution is 0.619. The van der Waals surface area contributed by atoms with Gasteiger partial charge in [0, 0.05) is 11.8 Å². The average Bonchev–Trinajstić information content (AvgIpc) is 2.64. The van der Waals surface area contributed by atoms with Gasteiger partial charge in [-0.1, -0.05) is 24.6 Å². The summed E-state index contributed by atoms with van der Waals surface area (Å²) in [5.41, 5.74) is 2.03. The van der Waals surface area contributed by atoms with E-state index >= 15 is 0 Å². The number of hydrogen-bond acceptors (Lipinski definition) is 2. The van der Waals surface area contributed by atoms with Crippen LogP contribution in [0.2, 0.25) is 5.02 Å². The van der Waals surface area contributed by atoms with Crippen molar-refractivity contribution < 1.29 is 0 Å². The molecule has 0 aliphatic heterocycles. The molecule has 1 heterocycles. The van der Waals surface area contributed by atoms with Gasteiger partial charge >= 0.3 is 0 Å². The lowest BCUT2D eigenvalue weighted by Gasteiger charge is -2.13. The number of imidazole rings is 1. The highest BCUT2D eigenvalue weighted by atomic mass is 35.5. The Morgan fingerprint density at radius 1 is 1.53 bits per heavy atom. The molecule has 1 atom stereocenters. The van der Waals surface area contributed by atoms with E-state index in [1.165, 1.54) is 0 Å². The number of hydrogen-bond donors (Lipinski definition) is 1. The predicted molar refractivity (Wildman–Crippen MR) is 79.8 cm³/mol. The molecule has 0 bridgehead atoms. The zero-order chi connectivity index (χ0) is 12.4. The van der Waals surface area contributed by atoms with Gasteiger partial charge in [-0.05, 0) is 37.0 Å². The van der Waals surface area contributed by atoms with Crippen molar-refractivity contribution in [1.82, 2.24) is 9.55 Å². The van der Waals surface area contributed by atoms with Crippen molar-refractivity contribution in [2.75, 3.05) is 11.5 Å². The molecule has 92 valence electrons. The van der Waals surface area contributed by atoms with Gasteiger partial charge in [0.25, 0.3) is 0 Å². The van der Waals surface area contributed by atoms with Gasteiger partial charge in [0.05, 0.1) is 16.1 Å². The standard InChI is InChI=1S/C12H15ClN2S2/c1-3-17-7-8(2)15-10-6-4-5-9(13)11(10)14-12(15)16/h4-6,8H,3,7H2,1-2H3,(H,14,16). The number of benzene rings is 1. The molecule has 2 aromatic rings. The highest BCUT2D eigenvalue weighted by molar-refractivity contribution is 7.99. The highest BCUT2D eigenvalue weighted by Gasteiger charge is 2.12. The minimum atomic E-state index is 0.375. The minimum absolute atomic E-state index is 0.375. The first-order valence-corrected chi connectivity index (χ1v) is 7.55. The molecule has 2 rings (SSSR count). The molecule has 0 radical (unpaired) electrons. The Hall–Kier alpha value is -0.450. The van der Waals surface area contributed by atoms with Gasteiger partial charge in [0.2, 0.25) is 0 Å². The first-order chi connectivity index (χ1) is 8.15. The van der Waals surface area contributed by atoms with Gasteiger partial charge in [-0.25, -0.2) is 0 Å². The molecule has 1 aromatic carbocycles. The van der Waals surface area contributed by atoms with Crippen LogP contribution in [-0.2, 0) is 0 Å². The number of nitrogens with one attached hydrogen (secondary N) is 1. The van der Waals surface area contributed by atoms with Crippen LogP contribution in [0.1, 0.15) is 19.9 Å². The predicted octanol–water partition coefficient (Wildman–Crippen LogP) is 4.67. The largest absolute Gasteiger partial charge is 0.329 e. The Kier molecular flexibility index (Phi) is 4.17. The molecule has 17 heavy (non-hydrogen) atoms. The van der Waals surface area contributed by atoms with E-state index in [-0.39, 0.29) is 0 Å². The monoisotopic (exact) mass is 286 g/mol. The highest BCUT2D eigenvalue weighted by Crippen LogP contribution is 2.26. The second kappa shape index (κ2) is 5.46. The molecular formula is C12H15ClN2S2. The molecule has 1 unspecified atom stereocenters. The van der Waals surface area contributed by atoms with Gasteiger partial charge in [-0.2, -0.15) is 11.8 Å². The van der Waals surface area contributed by atoms with Crippen LogP contribution in [0.4, 0.5) is 0 Å². The van der Waals surface area contributed by atoms with Crippen molar-refractivity contribution in [1.29, 1.82) is 0 Å². The Bertz CT molecular complexity index is 573. The first-order valence-electron chi connectivity index (χ1n) is 5.61. The summed E-state index contributed by atoms with van der Waals surface area (Å²) in [4.78, 5) is 3.19. The fourth-order valence-corrected chi connectivity index (χ4v) is 3.24. The number of thioether (sulfide) groups is 1. The molecule has 1 aromatic heterocycles. The molecule has 5 heteroatoms. The van der Waals surface area contributed by atoms with Crippen LogP contribution in [0.5, 0.6) is 0 Å². The van der Waals surface area contributed by atoms with Crippen LogP contribution in [0, 0.1) is 4.77 Å². The topological polar surface area (TPSA) is 20.7 Å². The summed E-state index contributed by atoms with van der Waals surface area (Å²) in [5, 5.41) is 0.725. The lowest BCUT2D eigenvalue weighted by Crippen LogP contribution is -2.07. The fraction of sp³-hybridized carbons (Fsp3) is 0.417. The summed E-state index contributed by atoms with van der Waals surface area (Å²) >= 11 is 13.5. The van der Waals surface area contributed by atoms with Gasteiger partial charge < -0.3 is 9.55 Å². The number of aromatic nitrogens is 2. The zero-order valence-corrected chi connectivity index (χ0v) is 12.3. The SMILES string of the molecule is CCSCC(C)n1c(=S)[nH]c2c(Cl)cccc21. The molecule has 0 amide bonds. The van der Waals surface area contributed by atoms with Gasteiger partial charge in [0.1, 0.15) is 0 Å².